The maximum absolute atomic E-state index is 12.5. The van der Waals surface area contributed by atoms with E-state index in [9.17, 15) is 13.2 Å². The Balaban J connectivity index is 1.39. The van der Waals surface area contributed by atoms with Crippen LogP contribution >= 0.6 is 0 Å². The average molecular weight is 460 g/mol. The highest BCUT2D eigenvalue weighted by Gasteiger charge is 2.30. The highest BCUT2D eigenvalue weighted by atomic mass is 32.2. The van der Waals surface area contributed by atoms with Crippen molar-refractivity contribution in [3.8, 4) is 11.3 Å². The van der Waals surface area contributed by atoms with Crippen molar-refractivity contribution in [2.75, 3.05) is 12.9 Å². The SMILES string of the molecule is CS(=O)(=O)C(CCn1cc(-c2cnc3ccccc3n2)cn1)C(=O)NOC1CCCCO1. The number of nitrogens with zero attached hydrogens (tertiary/aromatic N) is 4. The van der Waals surface area contributed by atoms with E-state index in [-0.39, 0.29) is 13.0 Å². The van der Waals surface area contributed by atoms with Gasteiger partial charge in [-0.2, -0.15) is 5.10 Å². The van der Waals surface area contributed by atoms with Crippen molar-refractivity contribution < 1.29 is 22.8 Å². The van der Waals surface area contributed by atoms with Gasteiger partial charge in [-0.15, -0.1) is 0 Å². The zero-order valence-corrected chi connectivity index (χ0v) is 18.5. The van der Waals surface area contributed by atoms with Crippen molar-refractivity contribution in [3.05, 3.63) is 42.9 Å². The van der Waals surface area contributed by atoms with Crippen molar-refractivity contribution in [1.29, 1.82) is 0 Å². The molecule has 0 bridgehead atoms. The van der Waals surface area contributed by atoms with Crippen molar-refractivity contribution in [2.24, 2.45) is 0 Å². The van der Waals surface area contributed by atoms with Gasteiger partial charge in [-0.05, 0) is 31.4 Å². The lowest BCUT2D eigenvalue weighted by Gasteiger charge is -2.23. The summed E-state index contributed by atoms with van der Waals surface area (Å²) >= 11 is 0. The van der Waals surface area contributed by atoms with Gasteiger partial charge in [0.25, 0.3) is 5.91 Å². The molecule has 10 nitrogen and oxygen atoms in total. The molecule has 11 heteroatoms. The van der Waals surface area contributed by atoms with Crippen molar-refractivity contribution in [2.45, 2.75) is 43.8 Å². The number of hydrogen-bond donors (Lipinski definition) is 1. The predicted molar refractivity (Wildman–Crippen MR) is 117 cm³/mol. The summed E-state index contributed by atoms with van der Waals surface area (Å²) in [5.74, 6) is -0.713. The van der Waals surface area contributed by atoms with E-state index in [4.69, 9.17) is 9.57 Å². The largest absolute Gasteiger partial charge is 0.350 e. The van der Waals surface area contributed by atoms with Crippen LogP contribution in [0.5, 0.6) is 0 Å². The Morgan fingerprint density at radius 2 is 2.09 bits per heavy atom. The second-order valence-electron chi connectivity index (χ2n) is 7.72. The molecule has 3 heterocycles. The maximum atomic E-state index is 12.5. The molecule has 1 aliphatic rings. The number of carbonyl (C=O) groups is 1. The molecule has 2 unspecified atom stereocenters. The molecule has 1 amide bonds. The quantitative estimate of drug-likeness (QED) is 0.506. The number of nitrogens with one attached hydrogen (secondary N) is 1. The summed E-state index contributed by atoms with van der Waals surface area (Å²) in [6, 6.07) is 7.56. The van der Waals surface area contributed by atoms with Crippen LogP contribution in [0.3, 0.4) is 0 Å². The van der Waals surface area contributed by atoms with Gasteiger partial charge in [0.2, 0.25) is 0 Å². The highest BCUT2D eigenvalue weighted by molar-refractivity contribution is 7.92. The Bertz CT molecular complexity index is 1190. The summed E-state index contributed by atoms with van der Waals surface area (Å²) in [6.07, 6.45) is 8.11. The molecule has 32 heavy (non-hydrogen) atoms. The van der Waals surface area contributed by atoms with E-state index >= 15 is 0 Å². The lowest BCUT2D eigenvalue weighted by molar-refractivity contribution is -0.200. The fourth-order valence-corrected chi connectivity index (χ4v) is 4.47. The molecular weight excluding hydrogens is 434 g/mol. The van der Waals surface area contributed by atoms with Crippen LogP contribution in [0.1, 0.15) is 25.7 Å². The first-order valence-corrected chi connectivity index (χ1v) is 12.4. The fraction of sp³-hybridized carbons (Fsp3) is 0.429. The summed E-state index contributed by atoms with van der Waals surface area (Å²) in [6.45, 7) is 0.783. The lowest BCUT2D eigenvalue weighted by atomic mass is 10.2. The number of carbonyl (C=O) groups excluding carboxylic acids is 1. The maximum Gasteiger partial charge on any atom is 0.262 e. The van der Waals surface area contributed by atoms with E-state index in [1.807, 2.05) is 24.3 Å². The molecule has 0 radical (unpaired) electrons. The van der Waals surface area contributed by atoms with Gasteiger partial charge in [0.15, 0.2) is 16.1 Å². The number of hydrogen-bond acceptors (Lipinski definition) is 8. The van der Waals surface area contributed by atoms with Crippen LogP contribution in [0.2, 0.25) is 0 Å². The second-order valence-corrected chi connectivity index (χ2v) is 9.95. The number of para-hydroxylation sites is 2. The highest BCUT2D eigenvalue weighted by Crippen LogP contribution is 2.19. The third-order valence-corrected chi connectivity index (χ3v) is 6.72. The van der Waals surface area contributed by atoms with E-state index in [1.54, 1.807) is 23.3 Å². The third-order valence-electron chi connectivity index (χ3n) is 5.24. The smallest absolute Gasteiger partial charge is 0.262 e. The van der Waals surface area contributed by atoms with Gasteiger partial charge in [0.05, 0.1) is 29.1 Å². The summed E-state index contributed by atoms with van der Waals surface area (Å²) in [4.78, 5) is 26.7. The topological polar surface area (TPSA) is 125 Å². The zero-order valence-electron chi connectivity index (χ0n) is 17.7. The monoisotopic (exact) mass is 459 g/mol. The molecule has 0 spiro atoms. The molecule has 0 saturated carbocycles. The van der Waals surface area contributed by atoms with E-state index in [0.717, 1.165) is 35.7 Å². The van der Waals surface area contributed by atoms with Crippen molar-refractivity contribution >= 4 is 26.8 Å². The van der Waals surface area contributed by atoms with Crippen LogP contribution in [0.25, 0.3) is 22.3 Å². The number of ether oxygens (including phenoxy) is 1. The van der Waals surface area contributed by atoms with Gasteiger partial charge >= 0.3 is 0 Å². The number of rotatable bonds is 8. The molecule has 1 N–H and O–H groups in total. The minimum absolute atomic E-state index is 0.0457. The summed E-state index contributed by atoms with van der Waals surface area (Å²) < 4.78 is 31.4. The number of aryl methyl sites for hydroxylation is 1. The molecule has 1 aliphatic heterocycles. The number of sulfone groups is 1. The molecule has 3 aromatic rings. The molecule has 0 aliphatic carbocycles. The normalized spacial score (nSPS) is 17.8. The van der Waals surface area contributed by atoms with Crippen LogP contribution in [-0.2, 0) is 30.8 Å². The zero-order chi connectivity index (χ0) is 22.6. The lowest BCUT2D eigenvalue weighted by Crippen LogP contribution is -2.42. The standard InChI is InChI=1S/C21H25N5O5S/c1-32(28,29)19(21(27)25-31-20-8-4-5-11-30-20)9-10-26-14-15(12-23-26)18-13-22-16-6-2-3-7-17(16)24-18/h2-3,6-7,12-14,19-20H,4-5,8-11H2,1H3,(H,25,27). The minimum Gasteiger partial charge on any atom is -0.350 e. The molecular formula is C21H25N5O5S. The Morgan fingerprint density at radius 3 is 2.84 bits per heavy atom. The number of hydroxylamine groups is 1. The van der Waals surface area contributed by atoms with Gasteiger partial charge < -0.3 is 4.74 Å². The fourth-order valence-electron chi connectivity index (χ4n) is 3.50. The molecule has 170 valence electrons. The van der Waals surface area contributed by atoms with Crippen LogP contribution in [-0.4, -0.2) is 58.5 Å². The number of fused-ring (bicyclic) bond motifs is 1. The summed E-state index contributed by atoms with van der Waals surface area (Å²) in [5, 5.41) is 3.01. The van der Waals surface area contributed by atoms with Crippen LogP contribution in [0.4, 0.5) is 0 Å². The molecule has 2 aromatic heterocycles. The summed E-state index contributed by atoms with van der Waals surface area (Å²) in [5.41, 5.74) is 5.23. The first kappa shape index (κ1) is 22.3. The predicted octanol–water partition coefficient (Wildman–Crippen LogP) is 1.87. The molecule has 2 atom stereocenters. The third kappa shape index (κ3) is 5.47. The van der Waals surface area contributed by atoms with Crippen molar-refractivity contribution in [1.82, 2.24) is 25.2 Å². The van der Waals surface area contributed by atoms with Crippen LogP contribution < -0.4 is 5.48 Å². The van der Waals surface area contributed by atoms with Crippen LogP contribution in [0, 0.1) is 0 Å². The first-order chi connectivity index (χ1) is 15.4. The number of benzene rings is 1. The van der Waals surface area contributed by atoms with Crippen molar-refractivity contribution in [3.63, 3.8) is 0 Å². The second kappa shape index (κ2) is 9.72. The molecule has 4 rings (SSSR count). The van der Waals surface area contributed by atoms with E-state index < -0.39 is 27.3 Å². The Labute approximate surface area is 185 Å². The van der Waals surface area contributed by atoms with Gasteiger partial charge in [-0.3, -0.25) is 14.5 Å². The Kier molecular flexibility index (Phi) is 6.77. The van der Waals surface area contributed by atoms with Crippen LogP contribution in [0.15, 0.2) is 42.9 Å². The number of amides is 1. The van der Waals surface area contributed by atoms with Gasteiger partial charge in [-0.1, -0.05) is 12.1 Å². The molecule has 1 fully saturated rings. The van der Waals surface area contributed by atoms with Gasteiger partial charge in [0, 0.05) is 37.6 Å². The first-order valence-electron chi connectivity index (χ1n) is 10.4. The van der Waals surface area contributed by atoms with E-state index in [1.165, 1.54) is 0 Å². The van der Waals surface area contributed by atoms with E-state index in [0.29, 0.717) is 18.7 Å². The van der Waals surface area contributed by atoms with Gasteiger partial charge in [-0.25, -0.2) is 23.7 Å². The number of aromatic nitrogens is 4. The molecule has 1 saturated heterocycles. The van der Waals surface area contributed by atoms with Gasteiger partial charge in [0.1, 0.15) is 5.25 Å². The average Bonchev–Trinajstić information content (AvgIpc) is 3.26. The van der Waals surface area contributed by atoms with E-state index in [2.05, 4.69) is 20.5 Å². The Hall–Kier alpha value is -2.89. The molecule has 1 aromatic carbocycles. The Morgan fingerprint density at radius 1 is 1.28 bits per heavy atom. The summed E-state index contributed by atoms with van der Waals surface area (Å²) in [7, 11) is -3.65. The minimum atomic E-state index is -3.65.